The molecule has 0 aliphatic heterocycles. The zero-order chi connectivity index (χ0) is 14.9. The number of anilines is 1. The number of carbonyl (C=O) groups is 1. The van der Waals surface area contributed by atoms with Crippen molar-refractivity contribution < 1.29 is 9.53 Å². The van der Waals surface area contributed by atoms with E-state index in [1.165, 1.54) is 7.11 Å². The Morgan fingerprint density at radius 3 is 2.70 bits per heavy atom. The lowest BCUT2D eigenvalue weighted by Gasteiger charge is -2.13. The molecule has 1 heterocycles. The van der Waals surface area contributed by atoms with Gasteiger partial charge in [0.2, 0.25) is 5.78 Å². The summed E-state index contributed by atoms with van der Waals surface area (Å²) < 4.78 is 6.92. The molecule has 2 rings (SSSR count). The van der Waals surface area contributed by atoms with Crippen molar-refractivity contribution in [1.29, 1.82) is 0 Å². The van der Waals surface area contributed by atoms with Crippen LogP contribution < -0.4 is 10.5 Å². The number of nitrogens with zero attached hydrogens (tertiary/aromatic N) is 2. The van der Waals surface area contributed by atoms with Gasteiger partial charge < -0.3 is 10.5 Å². The third-order valence-electron chi connectivity index (χ3n) is 3.31. The van der Waals surface area contributed by atoms with Gasteiger partial charge in [0, 0.05) is 17.3 Å². The summed E-state index contributed by atoms with van der Waals surface area (Å²) in [7, 11) is 1.53. The van der Waals surface area contributed by atoms with Crippen LogP contribution in [0.2, 0.25) is 0 Å². The Bertz CT molecular complexity index is 645. The predicted molar refractivity (Wildman–Crippen MR) is 78.2 cm³/mol. The van der Waals surface area contributed by atoms with E-state index < -0.39 is 0 Å². The quantitative estimate of drug-likeness (QED) is 0.686. The molecule has 0 amide bonds. The number of aromatic nitrogens is 2. The lowest BCUT2D eigenvalue weighted by molar-refractivity contribution is 0.102. The monoisotopic (exact) mass is 273 g/mol. The number of ether oxygens (including phenoxy) is 1. The van der Waals surface area contributed by atoms with Crippen molar-refractivity contribution in [3.8, 4) is 5.75 Å². The molecule has 5 nitrogen and oxygen atoms in total. The molecule has 2 aromatic rings. The largest absolute Gasteiger partial charge is 0.493 e. The summed E-state index contributed by atoms with van der Waals surface area (Å²) in [6.45, 7) is 5.77. The molecule has 0 saturated carbocycles. The van der Waals surface area contributed by atoms with Gasteiger partial charge in [0.15, 0.2) is 11.4 Å². The Labute approximate surface area is 118 Å². The molecule has 0 spiro atoms. The second-order valence-electron chi connectivity index (χ2n) is 4.95. The van der Waals surface area contributed by atoms with E-state index in [9.17, 15) is 4.79 Å². The van der Waals surface area contributed by atoms with Gasteiger partial charge in [0.1, 0.15) is 0 Å². The first-order chi connectivity index (χ1) is 9.47. The Hall–Kier alpha value is -2.30. The Morgan fingerprint density at radius 2 is 2.10 bits per heavy atom. The van der Waals surface area contributed by atoms with Crippen LogP contribution in [0, 0.1) is 6.92 Å². The molecule has 20 heavy (non-hydrogen) atoms. The molecule has 0 radical (unpaired) electrons. The van der Waals surface area contributed by atoms with E-state index in [0.717, 1.165) is 5.56 Å². The number of benzene rings is 1. The van der Waals surface area contributed by atoms with E-state index in [0.29, 0.717) is 22.7 Å². The van der Waals surface area contributed by atoms with Crippen LogP contribution in [0.1, 0.15) is 41.5 Å². The maximum absolute atomic E-state index is 12.8. The van der Waals surface area contributed by atoms with Crippen molar-refractivity contribution in [1.82, 2.24) is 9.78 Å². The zero-order valence-corrected chi connectivity index (χ0v) is 12.2. The molecule has 1 aromatic carbocycles. The normalized spacial score (nSPS) is 10.8. The van der Waals surface area contributed by atoms with Gasteiger partial charge in [-0.1, -0.05) is 12.1 Å². The van der Waals surface area contributed by atoms with Gasteiger partial charge in [-0.25, -0.2) is 0 Å². The number of rotatable bonds is 4. The van der Waals surface area contributed by atoms with Crippen LogP contribution in [0.25, 0.3) is 0 Å². The number of nitrogens with two attached hydrogens (primary N) is 1. The molecule has 0 unspecified atom stereocenters. The first-order valence-corrected chi connectivity index (χ1v) is 6.48. The third-order valence-corrected chi connectivity index (χ3v) is 3.31. The standard InChI is InChI=1S/C15H19N3O2/c1-9(2)18-14(13(20-4)8-17-18)15(19)11-6-5-7-12(16)10(11)3/h5-9H,16H2,1-4H3. The van der Waals surface area contributed by atoms with E-state index in [-0.39, 0.29) is 11.8 Å². The first kappa shape index (κ1) is 14.1. The fourth-order valence-electron chi connectivity index (χ4n) is 2.13. The van der Waals surface area contributed by atoms with Gasteiger partial charge in [-0.05, 0) is 32.4 Å². The second-order valence-corrected chi connectivity index (χ2v) is 4.95. The zero-order valence-electron chi connectivity index (χ0n) is 12.2. The lowest BCUT2D eigenvalue weighted by Crippen LogP contribution is -2.15. The summed E-state index contributed by atoms with van der Waals surface area (Å²) in [5, 5.41) is 4.22. The Kier molecular flexibility index (Phi) is 3.79. The van der Waals surface area contributed by atoms with Gasteiger partial charge in [-0.15, -0.1) is 0 Å². The molecule has 2 N–H and O–H groups in total. The van der Waals surface area contributed by atoms with Crippen LogP contribution in [0.5, 0.6) is 5.75 Å². The van der Waals surface area contributed by atoms with Gasteiger partial charge in [-0.2, -0.15) is 5.10 Å². The van der Waals surface area contributed by atoms with Crippen LogP contribution >= 0.6 is 0 Å². The molecule has 0 fully saturated rings. The van der Waals surface area contributed by atoms with E-state index >= 15 is 0 Å². The number of ketones is 1. The summed E-state index contributed by atoms with van der Waals surface area (Å²) in [4.78, 5) is 12.8. The van der Waals surface area contributed by atoms with E-state index in [1.807, 2.05) is 20.8 Å². The minimum atomic E-state index is -0.127. The van der Waals surface area contributed by atoms with Crippen molar-refractivity contribution in [2.24, 2.45) is 0 Å². The average Bonchev–Trinajstić information content (AvgIpc) is 2.85. The highest BCUT2D eigenvalue weighted by molar-refractivity contribution is 6.11. The first-order valence-electron chi connectivity index (χ1n) is 6.48. The fraction of sp³-hybridized carbons (Fsp3) is 0.333. The number of hydrogen-bond donors (Lipinski definition) is 1. The van der Waals surface area contributed by atoms with Crippen LogP contribution in [0.4, 0.5) is 5.69 Å². The van der Waals surface area contributed by atoms with Crippen molar-refractivity contribution in [2.45, 2.75) is 26.8 Å². The molecule has 0 bridgehead atoms. The molecule has 106 valence electrons. The molecule has 5 heteroatoms. The number of hydrogen-bond acceptors (Lipinski definition) is 4. The summed E-state index contributed by atoms with van der Waals surface area (Å²) >= 11 is 0. The average molecular weight is 273 g/mol. The second kappa shape index (κ2) is 5.36. The van der Waals surface area contributed by atoms with Gasteiger partial charge >= 0.3 is 0 Å². The predicted octanol–water partition coefficient (Wildman–Crippen LogP) is 2.59. The number of methoxy groups -OCH3 is 1. The van der Waals surface area contributed by atoms with Crippen LogP contribution in [0.15, 0.2) is 24.4 Å². The van der Waals surface area contributed by atoms with Crippen molar-refractivity contribution in [3.63, 3.8) is 0 Å². The topological polar surface area (TPSA) is 70.1 Å². The summed E-state index contributed by atoms with van der Waals surface area (Å²) in [6, 6.07) is 5.39. The van der Waals surface area contributed by atoms with Crippen molar-refractivity contribution in [2.75, 3.05) is 12.8 Å². The smallest absolute Gasteiger partial charge is 0.215 e. The van der Waals surface area contributed by atoms with Crippen LogP contribution in [0.3, 0.4) is 0 Å². The summed E-state index contributed by atoms with van der Waals surface area (Å²) in [5.41, 5.74) is 8.28. The molecule has 0 aliphatic carbocycles. The fourth-order valence-corrected chi connectivity index (χ4v) is 2.13. The number of nitrogen functional groups attached to an aromatic ring is 1. The Morgan fingerprint density at radius 1 is 1.40 bits per heavy atom. The minimum absolute atomic E-state index is 0.0687. The highest BCUT2D eigenvalue weighted by Gasteiger charge is 2.23. The molecular formula is C15H19N3O2. The third kappa shape index (κ3) is 2.27. The van der Waals surface area contributed by atoms with Gasteiger partial charge in [0.05, 0.1) is 13.3 Å². The van der Waals surface area contributed by atoms with E-state index in [4.69, 9.17) is 10.5 Å². The lowest BCUT2D eigenvalue weighted by atomic mass is 10.0. The Balaban J connectivity index is 2.58. The molecule has 0 atom stereocenters. The van der Waals surface area contributed by atoms with Crippen molar-refractivity contribution >= 4 is 11.5 Å². The SMILES string of the molecule is COc1cnn(C(C)C)c1C(=O)c1cccc(N)c1C. The van der Waals surface area contributed by atoms with Crippen LogP contribution in [-0.4, -0.2) is 22.7 Å². The highest BCUT2D eigenvalue weighted by atomic mass is 16.5. The molecule has 0 saturated heterocycles. The van der Waals surface area contributed by atoms with Crippen molar-refractivity contribution in [3.05, 3.63) is 41.2 Å². The van der Waals surface area contributed by atoms with E-state index in [2.05, 4.69) is 5.10 Å². The maximum Gasteiger partial charge on any atom is 0.215 e. The number of carbonyl (C=O) groups excluding carboxylic acids is 1. The summed E-state index contributed by atoms with van der Waals surface area (Å²) in [6.07, 6.45) is 1.56. The van der Waals surface area contributed by atoms with Gasteiger partial charge in [-0.3, -0.25) is 9.48 Å². The highest BCUT2D eigenvalue weighted by Crippen LogP contribution is 2.26. The molecule has 1 aromatic heterocycles. The van der Waals surface area contributed by atoms with Gasteiger partial charge in [0.25, 0.3) is 0 Å². The molecule has 0 aliphatic rings. The maximum atomic E-state index is 12.8. The minimum Gasteiger partial charge on any atom is -0.493 e. The summed E-state index contributed by atoms with van der Waals surface area (Å²) in [5.74, 6) is 0.350. The van der Waals surface area contributed by atoms with E-state index in [1.54, 1.807) is 29.1 Å². The molecular weight excluding hydrogens is 254 g/mol. The van der Waals surface area contributed by atoms with Crippen LogP contribution in [-0.2, 0) is 0 Å².